The van der Waals surface area contributed by atoms with Crippen LogP contribution in [0, 0.1) is 0 Å². The van der Waals surface area contributed by atoms with E-state index >= 15 is 0 Å². The Morgan fingerprint density at radius 2 is 1.83 bits per heavy atom. The molecular formula is C18H16ClN3O2. The molecule has 5 nitrogen and oxygen atoms in total. The number of hydrogen-bond donors (Lipinski definition) is 1. The van der Waals surface area contributed by atoms with Gasteiger partial charge in [0.1, 0.15) is 5.65 Å². The quantitative estimate of drug-likeness (QED) is 0.601. The summed E-state index contributed by atoms with van der Waals surface area (Å²) in [5.41, 5.74) is 3.85. The maximum absolute atomic E-state index is 6.27. The molecule has 3 aromatic heterocycles. The van der Waals surface area contributed by atoms with Crippen molar-refractivity contribution in [3.63, 3.8) is 0 Å². The highest BCUT2D eigenvalue weighted by atomic mass is 35.5. The summed E-state index contributed by atoms with van der Waals surface area (Å²) in [5.74, 6) is 1.41. The van der Waals surface area contributed by atoms with Gasteiger partial charge in [0.15, 0.2) is 11.5 Å². The molecule has 0 saturated carbocycles. The second kappa shape index (κ2) is 5.46. The number of fused-ring (bicyclic) bond motifs is 2. The number of aromatic amines is 1. The van der Waals surface area contributed by atoms with Crippen LogP contribution in [0.1, 0.15) is 0 Å². The van der Waals surface area contributed by atoms with Gasteiger partial charge in [0.05, 0.1) is 24.8 Å². The monoisotopic (exact) mass is 341 g/mol. The summed E-state index contributed by atoms with van der Waals surface area (Å²) in [6.45, 7) is 0. The molecule has 24 heavy (non-hydrogen) atoms. The third-order valence-corrected chi connectivity index (χ3v) is 4.59. The van der Waals surface area contributed by atoms with Crippen LogP contribution >= 0.6 is 11.6 Å². The van der Waals surface area contributed by atoms with Crippen LogP contribution in [0.3, 0.4) is 0 Å². The van der Waals surface area contributed by atoms with Crippen molar-refractivity contribution in [1.82, 2.24) is 14.5 Å². The van der Waals surface area contributed by atoms with E-state index in [1.54, 1.807) is 26.5 Å². The Kier molecular flexibility index (Phi) is 3.39. The number of hydrogen-bond acceptors (Lipinski definition) is 3. The van der Waals surface area contributed by atoms with Crippen molar-refractivity contribution in [2.45, 2.75) is 0 Å². The Morgan fingerprint density at radius 3 is 2.54 bits per heavy atom. The largest absolute Gasteiger partial charge is 0.493 e. The van der Waals surface area contributed by atoms with Crippen molar-refractivity contribution in [2.75, 3.05) is 14.2 Å². The SMILES string of the molecule is COc1cc2c(-c3cc4c(Cl)ccnc4[nH]3)cn(C)c2cc1OC. The van der Waals surface area contributed by atoms with E-state index in [1.807, 2.05) is 25.2 Å². The van der Waals surface area contributed by atoms with E-state index in [9.17, 15) is 0 Å². The summed E-state index contributed by atoms with van der Waals surface area (Å²) >= 11 is 6.27. The van der Waals surface area contributed by atoms with Crippen LogP contribution < -0.4 is 9.47 Å². The van der Waals surface area contributed by atoms with Gasteiger partial charge in [-0.1, -0.05) is 11.6 Å². The first kappa shape index (κ1) is 14.9. The standard InChI is InChI=1S/C18H16ClN3O2/c1-22-9-12(10-7-16(23-2)17(24-3)8-15(10)22)14-6-11-13(19)4-5-20-18(11)21-14/h4-9H,1-3H3,(H,20,21). The van der Waals surface area contributed by atoms with Gasteiger partial charge in [-0.2, -0.15) is 0 Å². The molecule has 0 aliphatic carbocycles. The molecule has 1 N–H and O–H groups in total. The van der Waals surface area contributed by atoms with Crippen LogP contribution in [0.15, 0.2) is 36.7 Å². The van der Waals surface area contributed by atoms with Gasteiger partial charge < -0.3 is 19.0 Å². The number of methoxy groups -OCH3 is 2. The van der Waals surface area contributed by atoms with Crippen molar-refractivity contribution in [1.29, 1.82) is 0 Å². The summed E-state index contributed by atoms with van der Waals surface area (Å²) in [6.07, 6.45) is 3.77. The second-order valence-corrected chi connectivity index (χ2v) is 6.02. The Balaban J connectivity index is 2.00. The van der Waals surface area contributed by atoms with Crippen molar-refractivity contribution >= 4 is 33.5 Å². The van der Waals surface area contributed by atoms with Crippen molar-refractivity contribution < 1.29 is 9.47 Å². The predicted molar refractivity (Wildman–Crippen MR) is 96.1 cm³/mol. The highest BCUT2D eigenvalue weighted by molar-refractivity contribution is 6.35. The number of benzene rings is 1. The lowest BCUT2D eigenvalue weighted by Gasteiger charge is -2.08. The second-order valence-electron chi connectivity index (χ2n) is 5.62. The Labute approximate surface area is 143 Å². The number of ether oxygens (including phenoxy) is 2. The van der Waals surface area contributed by atoms with Gasteiger partial charge >= 0.3 is 0 Å². The topological polar surface area (TPSA) is 52.1 Å². The van der Waals surface area contributed by atoms with Crippen LogP contribution in [0.4, 0.5) is 0 Å². The number of H-pyrrole nitrogens is 1. The molecule has 0 fully saturated rings. The zero-order valence-electron chi connectivity index (χ0n) is 13.6. The summed E-state index contributed by atoms with van der Waals surface area (Å²) in [5, 5.41) is 2.66. The van der Waals surface area contributed by atoms with E-state index in [1.165, 1.54) is 0 Å². The van der Waals surface area contributed by atoms with E-state index in [0.29, 0.717) is 16.5 Å². The molecule has 6 heteroatoms. The van der Waals surface area contributed by atoms with Crippen molar-refractivity contribution in [3.8, 4) is 22.8 Å². The van der Waals surface area contributed by atoms with Gasteiger partial charge in [-0.3, -0.25) is 0 Å². The highest BCUT2D eigenvalue weighted by Gasteiger charge is 2.16. The average Bonchev–Trinajstić information content (AvgIpc) is 3.16. The lowest BCUT2D eigenvalue weighted by Crippen LogP contribution is -1.91. The fourth-order valence-corrected chi connectivity index (χ4v) is 3.26. The molecule has 122 valence electrons. The molecule has 0 aliphatic rings. The minimum Gasteiger partial charge on any atom is -0.493 e. The van der Waals surface area contributed by atoms with E-state index < -0.39 is 0 Å². The smallest absolute Gasteiger partial charge is 0.162 e. The number of aryl methyl sites for hydroxylation is 1. The van der Waals surface area contributed by atoms with E-state index in [4.69, 9.17) is 21.1 Å². The van der Waals surface area contributed by atoms with Crippen LogP contribution in [-0.4, -0.2) is 28.8 Å². The summed E-state index contributed by atoms with van der Waals surface area (Å²) in [6, 6.07) is 7.78. The number of nitrogens with one attached hydrogen (secondary N) is 1. The maximum atomic E-state index is 6.27. The van der Waals surface area contributed by atoms with Crippen molar-refractivity contribution in [2.24, 2.45) is 7.05 Å². The van der Waals surface area contributed by atoms with Crippen LogP contribution in [0.2, 0.25) is 5.02 Å². The Morgan fingerprint density at radius 1 is 1.08 bits per heavy atom. The molecule has 0 radical (unpaired) electrons. The molecule has 4 rings (SSSR count). The first-order valence-corrected chi connectivity index (χ1v) is 7.85. The van der Waals surface area contributed by atoms with Crippen LogP contribution in [-0.2, 0) is 7.05 Å². The molecule has 0 atom stereocenters. The fraction of sp³-hybridized carbons (Fsp3) is 0.167. The minimum atomic E-state index is 0.682. The first-order chi connectivity index (χ1) is 11.6. The minimum absolute atomic E-state index is 0.682. The van der Waals surface area contributed by atoms with Gasteiger partial charge in [-0.05, 0) is 18.2 Å². The van der Waals surface area contributed by atoms with E-state index in [2.05, 4.69) is 20.7 Å². The number of rotatable bonds is 3. The first-order valence-electron chi connectivity index (χ1n) is 7.47. The average molecular weight is 342 g/mol. The van der Waals surface area contributed by atoms with E-state index in [-0.39, 0.29) is 0 Å². The fourth-order valence-electron chi connectivity index (χ4n) is 3.06. The maximum Gasteiger partial charge on any atom is 0.162 e. The third kappa shape index (κ3) is 2.12. The zero-order valence-corrected chi connectivity index (χ0v) is 14.3. The zero-order chi connectivity index (χ0) is 16.8. The molecule has 0 saturated heterocycles. The molecule has 0 amide bonds. The molecule has 0 unspecified atom stereocenters. The summed E-state index contributed by atoms with van der Waals surface area (Å²) in [4.78, 5) is 7.69. The van der Waals surface area contributed by atoms with Crippen LogP contribution in [0.5, 0.6) is 11.5 Å². The van der Waals surface area contributed by atoms with Gasteiger partial charge in [0.25, 0.3) is 0 Å². The van der Waals surface area contributed by atoms with E-state index in [0.717, 1.165) is 33.2 Å². The lowest BCUT2D eigenvalue weighted by molar-refractivity contribution is 0.355. The van der Waals surface area contributed by atoms with Crippen molar-refractivity contribution in [3.05, 3.63) is 41.7 Å². The number of pyridine rings is 1. The van der Waals surface area contributed by atoms with Gasteiger partial charge in [0.2, 0.25) is 0 Å². The summed E-state index contributed by atoms with van der Waals surface area (Å²) in [7, 11) is 5.28. The molecule has 3 heterocycles. The molecule has 0 bridgehead atoms. The van der Waals surface area contributed by atoms with Gasteiger partial charge in [0, 0.05) is 47.5 Å². The molecule has 0 spiro atoms. The normalized spacial score (nSPS) is 11.3. The third-order valence-electron chi connectivity index (χ3n) is 4.26. The van der Waals surface area contributed by atoms with Crippen LogP contribution in [0.25, 0.3) is 33.2 Å². The Hall–Kier alpha value is -2.66. The lowest BCUT2D eigenvalue weighted by atomic mass is 10.1. The Bertz CT molecular complexity index is 1070. The molecular weight excluding hydrogens is 326 g/mol. The summed E-state index contributed by atoms with van der Waals surface area (Å²) < 4.78 is 12.9. The number of halogens is 1. The predicted octanol–water partition coefficient (Wildman–Crippen LogP) is 4.39. The molecule has 0 aliphatic heterocycles. The molecule has 1 aromatic carbocycles. The van der Waals surface area contributed by atoms with Gasteiger partial charge in [-0.15, -0.1) is 0 Å². The number of nitrogens with zero attached hydrogens (tertiary/aromatic N) is 2. The highest BCUT2D eigenvalue weighted by Crippen LogP contribution is 2.38. The molecule has 4 aromatic rings. The number of aromatic nitrogens is 3. The van der Waals surface area contributed by atoms with Gasteiger partial charge in [-0.25, -0.2) is 4.98 Å².